The highest BCUT2D eigenvalue weighted by atomic mass is 127. The Hall–Kier alpha value is -1.80. The molecule has 1 saturated heterocycles. The molecule has 0 unspecified atom stereocenters. The summed E-state index contributed by atoms with van der Waals surface area (Å²) in [7, 11) is 0. The minimum absolute atomic E-state index is 0. The number of nitrogens with one attached hydrogen (secondary N) is 1. The Morgan fingerprint density at radius 2 is 1.52 bits per heavy atom. The van der Waals surface area contributed by atoms with E-state index in [4.69, 9.17) is 5.73 Å². The van der Waals surface area contributed by atoms with E-state index in [9.17, 15) is 0 Å². The molecular formula is C21H30IN5. The van der Waals surface area contributed by atoms with Crippen LogP contribution < -0.4 is 16.0 Å². The van der Waals surface area contributed by atoms with E-state index in [0.717, 1.165) is 57.8 Å². The van der Waals surface area contributed by atoms with E-state index in [0.29, 0.717) is 5.96 Å². The second-order valence-corrected chi connectivity index (χ2v) is 6.63. The van der Waals surface area contributed by atoms with Gasteiger partial charge >= 0.3 is 0 Å². The maximum atomic E-state index is 5.92. The first-order valence-corrected chi connectivity index (χ1v) is 9.45. The van der Waals surface area contributed by atoms with Gasteiger partial charge in [-0.3, -0.25) is 9.89 Å². The van der Waals surface area contributed by atoms with Crippen molar-refractivity contribution in [2.24, 2.45) is 10.7 Å². The van der Waals surface area contributed by atoms with Crippen molar-refractivity contribution in [3.05, 3.63) is 60.7 Å². The van der Waals surface area contributed by atoms with E-state index < -0.39 is 0 Å². The summed E-state index contributed by atoms with van der Waals surface area (Å²) >= 11 is 0. The van der Waals surface area contributed by atoms with Crippen LogP contribution in [-0.4, -0.2) is 50.1 Å². The number of piperazine rings is 1. The summed E-state index contributed by atoms with van der Waals surface area (Å²) in [6.45, 7) is 6.40. The largest absolute Gasteiger partial charge is 0.370 e. The number of nitrogens with zero attached hydrogens (tertiary/aromatic N) is 3. The van der Waals surface area contributed by atoms with Crippen LogP contribution in [0.2, 0.25) is 0 Å². The van der Waals surface area contributed by atoms with E-state index in [1.54, 1.807) is 0 Å². The van der Waals surface area contributed by atoms with Crippen molar-refractivity contribution < 1.29 is 0 Å². The van der Waals surface area contributed by atoms with Crippen molar-refractivity contribution in [1.29, 1.82) is 0 Å². The van der Waals surface area contributed by atoms with E-state index in [1.165, 1.54) is 5.69 Å². The molecule has 0 amide bonds. The SMILES string of the molecule is I.NC(=NCCCCN1CCN(c2ccccc2)CC1)Nc1ccccc1. The fraction of sp³-hybridized carbons (Fsp3) is 0.381. The molecular weight excluding hydrogens is 449 g/mol. The van der Waals surface area contributed by atoms with Gasteiger partial charge in [0.25, 0.3) is 0 Å². The number of para-hydroxylation sites is 2. The van der Waals surface area contributed by atoms with Crippen molar-refractivity contribution in [2.75, 3.05) is 49.5 Å². The van der Waals surface area contributed by atoms with E-state index >= 15 is 0 Å². The number of aliphatic imine (C=N–C) groups is 1. The van der Waals surface area contributed by atoms with E-state index in [1.807, 2.05) is 30.3 Å². The monoisotopic (exact) mass is 479 g/mol. The number of guanidine groups is 1. The number of rotatable bonds is 7. The van der Waals surface area contributed by atoms with Crippen molar-refractivity contribution in [3.63, 3.8) is 0 Å². The summed E-state index contributed by atoms with van der Waals surface area (Å²) in [5.41, 5.74) is 8.24. The predicted molar refractivity (Wildman–Crippen MR) is 126 cm³/mol. The summed E-state index contributed by atoms with van der Waals surface area (Å²) in [5, 5.41) is 3.11. The molecule has 0 saturated carbocycles. The third kappa shape index (κ3) is 7.38. The van der Waals surface area contributed by atoms with Crippen LogP contribution in [0.25, 0.3) is 0 Å². The molecule has 0 radical (unpaired) electrons. The maximum Gasteiger partial charge on any atom is 0.193 e. The number of anilines is 2. The van der Waals surface area contributed by atoms with Gasteiger partial charge in [0, 0.05) is 44.1 Å². The van der Waals surface area contributed by atoms with Gasteiger partial charge in [0.2, 0.25) is 0 Å². The number of unbranched alkanes of at least 4 members (excludes halogenated alkanes) is 1. The maximum absolute atomic E-state index is 5.92. The normalized spacial score (nSPS) is 15.3. The minimum atomic E-state index is 0. The standard InChI is InChI=1S/C21H29N5.HI/c22-21(24-19-9-3-1-4-10-19)23-13-7-8-14-25-15-17-26(18-16-25)20-11-5-2-6-12-20;/h1-6,9-12H,7-8,13-18H2,(H3,22,23,24);1H. The highest BCUT2D eigenvalue weighted by Crippen LogP contribution is 2.15. The third-order valence-corrected chi connectivity index (χ3v) is 4.70. The zero-order chi connectivity index (χ0) is 18.0. The van der Waals surface area contributed by atoms with Gasteiger partial charge in [0.1, 0.15) is 0 Å². The molecule has 2 aromatic rings. The molecule has 0 aliphatic carbocycles. The molecule has 146 valence electrons. The van der Waals surface area contributed by atoms with Gasteiger partial charge < -0.3 is 16.0 Å². The smallest absolute Gasteiger partial charge is 0.193 e. The lowest BCUT2D eigenvalue weighted by Gasteiger charge is -2.36. The lowest BCUT2D eigenvalue weighted by Crippen LogP contribution is -2.46. The van der Waals surface area contributed by atoms with Gasteiger partial charge in [-0.05, 0) is 43.7 Å². The highest BCUT2D eigenvalue weighted by Gasteiger charge is 2.16. The molecule has 5 nitrogen and oxygen atoms in total. The van der Waals surface area contributed by atoms with Crippen LogP contribution in [0.4, 0.5) is 11.4 Å². The lowest BCUT2D eigenvalue weighted by molar-refractivity contribution is 0.253. The zero-order valence-corrected chi connectivity index (χ0v) is 18.1. The van der Waals surface area contributed by atoms with Crippen LogP contribution in [0.1, 0.15) is 12.8 Å². The number of nitrogens with two attached hydrogens (primary N) is 1. The van der Waals surface area contributed by atoms with Crippen LogP contribution in [0, 0.1) is 0 Å². The van der Waals surface area contributed by atoms with Crippen LogP contribution >= 0.6 is 24.0 Å². The molecule has 27 heavy (non-hydrogen) atoms. The molecule has 1 aliphatic heterocycles. The topological polar surface area (TPSA) is 56.9 Å². The molecule has 1 heterocycles. The second kappa shape index (κ2) is 11.8. The first-order chi connectivity index (χ1) is 12.8. The average Bonchev–Trinajstić information content (AvgIpc) is 2.70. The van der Waals surface area contributed by atoms with E-state index in [-0.39, 0.29) is 24.0 Å². The van der Waals surface area contributed by atoms with Gasteiger partial charge in [-0.15, -0.1) is 24.0 Å². The summed E-state index contributed by atoms with van der Waals surface area (Å²) in [6.07, 6.45) is 2.23. The third-order valence-electron chi connectivity index (χ3n) is 4.70. The molecule has 3 rings (SSSR count). The van der Waals surface area contributed by atoms with E-state index in [2.05, 4.69) is 50.4 Å². The van der Waals surface area contributed by atoms with Crippen molar-refractivity contribution >= 4 is 41.3 Å². The van der Waals surface area contributed by atoms with Crippen molar-refractivity contribution in [1.82, 2.24) is 4.90 Å². The number of benzene rings is 2. The number of hydrogen-bond acceptors (Lipinski definition) is 3. The van der Waals surface area contributed by atoms with Crippen LogP contribution in [0.3, 0.4) is 0 Å². The van der Waals surface area contributed by atoms with Crippen LogP contribution in [-0.2, 0) is 0 Å². The molecule has 0 bridgehead atoms. The Labute approximate surface area is 179 Å². The number of hydrogen-bond donors (Lipinski definition) is 2. The van der Waals surface area contributed by atoms with Crippen LogP contribution in [0.15, 0.2) is 65.7 Å². The van der Waals surface area contributed by atoms with Crippen LogP contribution in [0.5, 0.6) is 0 Å². The molecule has 6 heteroatoms. The van der Waals surface area contributed by atoms with Gasteiger partial charge in [-0.1, -0.05) is 36.4 Å². The molecule has 1 fully saturated rings. The molecule has 0 aromatic heterocycles. The Morgan fingerprint density at radius 3 is 2.19 bits per heavy atom. The first kappa shape index (κ1) is 21.5. The van der Waals surface area contributed by atoms with Crippen molar-refractivity contribution in [2.45, 2.75) is 12.8 Å². The van der Waals surface area contributed by atoms with Gasteiger partial charge in [-0.2, -0.15) is 0 Å². The lowest BCUT2D eigenvalue weighted by atomic mass is 10.2. The molecule has 1 aliphatic rings. The summed E-state index contributed by atoms with van der Waals surface area (Å²) in [6, 6.07) is 20.6. The van der Waals surface area contributed by atoms with Gasteiger partial charge in [-0.25, -0.2) is 0 Å². The molecule has 0 atom stereocenters. The Bertz CT molecular complexity index is 669. The molecule has 3 N–H and O–H groups in total. The fourth-order valence-corrected chi connectivity index (χ4v) is 3.22. The zero-order valence-electron chi connectivity index (χ0n) is 15.8. The summed E-state index contributed by atoms with van der Waals surface area (Å²) in [5.74, 6) is 0.493. The van der Waals surface area contributed by atoms with Gasteiger partial charge in [0.05, 0.1) is 0 Å². The summed E-state index contributed by atoms with van der Waals surface area (Å²) in [4.78, 5) is 9.43. The second-order valence-electron chi connectivity index (χ2n) is 6.63. The minimum Gasteiger partial charge on any atom is -0.370 e. The number of halogens is 1. The summed E-state index contributed by atoms with van der Waals surface area (Å²) < 4.78 is 0. The molecule has 2 aromatic carbocycles. The quantitative estimate of drug-likeness (QED) is 0.276. The average molecular weight is 479 g/mol. The molecule has 0 spiro atoms. The Kier molecular flexibility index (Phi) is 9.41. The fourth-order valence-electron chi connectivity index (χ4n) is 3.22. The highest BCUT2D eigenvalue weighted by molar-refractivity contribution is 14.0. The Morgan fingerprint density at radius 1 is 0.889 bits per heavy atom. The predicted octanol–water partition coefficient (Wildman–Crippen LogP) is 3.63. The van der Waals surface area contributed by atoms with Crippen molar-refractivity contribution in [3.8, 4) is 0 Å². The Balaban J connectivity index is 0.00000261. The first-order valence-electron chi connectivity index (χ1n) is 9.45. The van der Waals surface area contributed by atoms with Gasteiger partial charge in [0.15, 0.2) is 5.96 Å².